The summed E-state index contributed by atoms with van der Waals surface area (Å²) in [6.45, 7) is 9.64. The summed E-state index contributed by atoms with van der Waals surface area (Å²) in [5.41, 5.74) is 6.00. The second kappa shape index (κ2) is 5.57. The Morgan fingerprint density at radius 2 is 1.70 bits per heavy atom. The monoisotopic (exact) mass is 311 g/mol. The lowest BCUT2D eigenvalue weighted by Crippen LogP contribution is -2.30. The van der Waals surface area contributed by atoms with Gasteiger partial charge >= 0.3 is 0 Å². The first-order valence-corrected chi connectivity index (χ1v) is 8.16. The molecule has 3 nitrogen and oxygen atoms in total. The van der Waals surface area contributed by atoms with Crippen molar-refractivity contribution in [1.29, 1.82) is 0 Å². The summed E-state index contributed by atoms with van der Waals surface area (Å²) in [5.74, 6) is -0.0924. The number of benzene rings is 2. The van der Waals surface area contributed by atoms with Crippen LogP contribution in [0.2, 0.25) is 0 Å². The Morgan fingerprint density at radius 1 is 1.00 bits per heavy atom. The lowest BCUT2D eigenvalue weighted by atomic mass is 9.82. The van der Waals surface area contributed by atoms with E-state index in [9.17, 15) is 10.2 Å². The molecule has 1 heterocycles. The van der Waals surface area contributed by atoms with E-state index in [-0.39, 0.29) is 23.0 Å². The molecule has 0 aromatic heterocycles. The number of fused-ring (bicyclic) bond motifs is 1. The quantitative estimate of drug-likeness (QED) is 0.699. The van der Waals surface area contributed by atoms with Crippen LogP contribution in [0, 0.1) is 6.92 Å². The highest BCUT2D eigenvalue weighted by Crippen LogP contribution is 2.37. The van der Waals surface area contributed by atoms with Crippen LogP contribution >= 0.6 is 0 Å². The minimum absolute atomic E-state index is 0.0379. The summed E-state index contributed by atoms with van der Waals surface area (Å²) in [4.78, 5) is 0. The maximum Gasteiger partial charge on any atom is 0.157 e. The summed E-state index contributed by atoms with van der Waals surface area (Å²) >= 11 is 0. The smallest absolute Gasteiger partial charge is 0.157 e. The molecule has 1 aliphatic rings. The minimum atomic E-state index is -0.0545. The molecule has 3 heteroatoms. The fourth-order valence-corrected chi connectivity index (χ4v) is 3.29. The average Bonchev–Trinajstić information content (AvgIpc) is 2.46. The zero-order valence-corrected chi connectivity index (χ0v) is 14.3. The van der Waals surface area contributed by atoms with Gasteiger partial charge in [-0.3, -0.25) is 0 Å². The van der Waals surface area contributed by atoms with Gasteiger partial charge in [-0.25, -0.2) is 0 Å². The Labute approximate surface area is 138 Å². The van der Waals surface area contributed by atoms with Crippen molar-refractivity contribution in [1.82, 2.24) is 5.32 Å². The van der Waals surface area contributed by atoms with Crippen molar-refractivity contribution in [3.8, 4) is 11.5 Å². The van der Waals surface area contributed by atoms with Crippen LogP contribution in [-0.4, -0.2) is 16.8 Å². The molecule has 122 valence electrons. The largest absolute Gasteiger partial charge is 0.504 e. The molecule has 3 rings (SSSR count). The molecule has 1 atom stereocenters. The van der Waals surface area contributed by atoms with Crippen LogP contribution in [-0.2, 0) is 11.8 Å². The van der Waals surface area contributed by atoms with Crippen molar-refractivity contribution in [2.45, 2.75) is 45.6 Å². The van der Waals surface area contributed by atoms with Crippen molar-refractivity contribution in [2.75, 3.05) is 6.54 Å². The lowest BCUT2D eigenvalue weighted by Gasteiger charge is -2.29. The molecule has 0 spiro atoms. The van der Waals surface area contributed by atoms with Crippen molar-refractivity contribution < 1.29 is 10.2 Å². The number of hydrogen-bond donors (Lipinski definition) is 3. The van der Waals surface area contributed by atoms with E-state index in [4.69, 9.17) is 0 Å². The molecule has 0 amide bonds. The Bertz CT molecular complexity index is 744. The van der Waals surface area contributed by atoms with Gasteiger partial charge in [0.05, 0.1) is 6.04 Å². The molecule has 23 heavy (non-hydrogen) atoms. The summed E-state index contributed by atoms with van der Waals surface area (Å²) in [6.07, 6.45) is 0.859. The Balaban J connectivity index is 2.11. The highest BCUT2D eigenvalue weighted by Gasteiger charge is 2.25. The highest BCUT2D eigenvalue weighted by molar-refractivity contribution is 5.51. The maximum absolute atomic E-state index is 9.90. The topological polar surface area (TPSA) is 52.5 Å². The van der Waals surface area contributed by atoms with E-state index in [0.29, 0.717) is 0 Å². The van der Waals surface area contributed by atoms with Crippen LogP contribution in [0.4, 0.5) is 0 Å². The normalized spacial score (nSPS) is 17.8. The number of aryl methyl sites for hydroxylation is 1. The average molecular weight is 311 g/mol. The van der Waals surface area contributed by atoms with Gasteiger partial charge in [-0.1, -0.05) is 44.5 Å². The van der Waals surface area contributed by atoms with Crippen LogP contribution in [0.1, 0.15) is 54.6 Å². The molecule has 0 aliphatic carbocycles. The second-order valence-corrected chi connectivity index (χ2v) is 7.56. The van der Waals surface area contributed by atoms with Gasteiger partial charge < -0.3 is 15.5 Å². The van der Waals surface area contributed by atoms with Crippen LogP contribution in [0.25, 0.3) is 0 Å². The third kappa shape index (κ3) is 3.06. The molecule has 1 unspecified atom stereocenters. The molecule has 0 saturated heterocycles. The number of phenolic OH excluding ortho intramolecular Hbond substituents is 2. The van der Waals surface area contributed by atoms with Gasteiger partial charge in [0, 0.05) is 6.54 Å². The van der Waals surface area contributed by atoms with Gasteiger partial charge in [0.15, 0.2) is 11.5 Å². The number of rotatable bonds is 1. The van der Waals surface area contributed by atoms with Crippen molar-refractivity contribution >= 4 is 0 Å². The minimum Gasteiger partial charge on any atom is -0.504 e. The van der Waals surface area contributed by atoms with E-state index in [0.717, 1.165) is 24.1 Å². The highest BCUT2D eigenvalue weighted by atomic mass is 16.3. The fourth-order valence-electron chi connectivity index (χ4n) is 3.29. The van der Waals surface area contributed by atoms with Crippen LogP contribution in [0.5, 0.6) is 11.5 Å². The van der Waals surface area contributed by atoms with E-state index < -0.39 is 0 Å². The van der Waals surface area contributed by atoms with Gasteiger partial charge in [0.2, 0.25) is 0 Å². The van der Waals surface area contributed by atoms with Crippen molar-refractivity contribution in [3.63, 3.8) is 0 Å². The van der Waals surface area contributed by atoms with Gasteiger partial charge in [-0.05, 0) is 53.1 Å². The molecule has 2 aromatic rings. The SMILES string of the molecule is Cc1cc(C2NCCc3cc(O)c(O)cc32)cc(C(C)(C)C)c1. The van der Waals surface area contributed by atoms with Gasteiger partial charge in [-0.15, -0.1) is 0 Å². The molecule has 2 aromatic carbocycles. The molecule has 3 N–H and O–H groups in total. The van der Waals surface area contributed by atoms with E-state index in [1.807, 2.05) is 0 Å². The number of phenols is 2. The predicted octanol–water partition coefficient (Wildman–Crippen LogP) is 3.94. The van der Waals surface area contributed by atoms with Crippen LogP contribution < -0.4 is 5.32 Å². The van der Waals surface area contributed by atoms with Crippen molar-refractivity contribution in [2.24, 2.45) is 0 Å². The fraction of sp³-hybridized carbons (Fsp3) is 0.400. The summed E-state index contributed by atoms with van der Waals surface area (Å²) in [5, 5.41) is 23.2. The number of nitrogens with one attached hydrogen (secondary N) is 1. The number of hydrogen-bond acceptors (Lipinski definition) is 3. The number of aromatic hydroxyl groups is 2. The molecule has 0 fully saturated rings. The van der Waals surface area contributed by atoms with Crippen molar-refractivity contribution in [3.05, 3.63) is 58.1 Å². The third-order valence-electron chi connectivity index (χ3n) is 4.59. The van der Waals surface area contributed by atoms with E-state index in [1.165, 1.54) is 16.7 Å². The summed E-state index contributed by atoms with van der Waals surface area (Å²) in [6, 6.07) is 10.1. The molecule has 0 saturated carbocycles. The maximum atomic E-state index is 9.90. The zero-order chi connectivity index (χ0) is 16.8. The lowest BCUT2D eigenvalue weighted by molar-refractivity contribution is 0.400. The van der Waals surface area contributed by atoms with E-state index in [2.05, 4.69) is 51.2 Å². The molecule has 0 bridgehead atoms. The third-order valence-corrected chi connectivity index (χ3v) is 4.59. The van der Waals surface area contributed by atoms with Gasteiger partial charge in [-0.2, -0.15) is 0 Å². The zero-order valence-electron chi connectivity index (χ0n) is 14.3. The van der Waals surface area contributed by atoms with Gasteiger partial charge in [0.25, 0.3) is 0 Å². The standard InChI is InChI=1S/C20H25NO2/c1-12-7-14(9-15(8-12)20(2,3)4)19-16-11-18(23)17(22)10-13(16)5-6-21-19/h7-11,19,21-23H,5-6H2,1-4H3. The molecular weight excluding hydrogens is 286 g/mol. The Morgan fingerprint density at radius 3 is 2.39 bits per heavy atom. The van der Waals surface area contributed by atoms with Gasteiger partial charge in [0.1, 0.15) is 0 Å². The Hall–Kier alpha value is -2.00. The first-order chi connectivity index (χ1) is 10.8. The van der Waals surface area contributed by atoms with E-state index >= 15 is 0 Å². The Kier molecular flexibility index (Phi) is 3.85. The van der Waals surface area contributed by atoms with Crippen LogP contribution in [0.3, 0.4) is 0 Å². The first kappa shape index (κ1) is 15.9. The summed E-state index contributed by atoms with van der Waals surface area (Å²) in [7, 11) is 0. The molecular formula is C20H25NO2. The summed E-state index contributed by atoms with van der Waals surface area (Å²) < 4.78 is 0. The molecule has 1 aliphatic heterocycles. The van der Waals surface area contributed by atoms with Crippen LogP contribution in [0.15, 0.2) is 30.3 Å². The second-order valence-electron chi connectivity index (χ2n) is 7.56. The molecule has 0 radical (unpaired) electrons. The van der Waals surface area contributed by atoms with E-state index in [1.54, 1.807) is 12.1 Å². The first-order valence-electron chi connectivity index (χ1n) is 8.16. The predicted molar refractivity (Wildman–Crippen MR) is 93.2 cm³/mol.